The number of fused-ring (bicyclic) bond motifs is 1. The fourth-order valence-corrected chi connectivity index (χ4v) is 7.28. The Morgan fingerprint density at radius 3 is 2.48 bits per heavy atom. The Kier molecular flexibility index (Phi) is 8.56. The van der Waals surface area contributed by atoms with Gasteiger partial charge in [-0.3, -0.25) is 29.5 Å². The van der Waals surface area contributed by atoms with Gasteiger partial charge in [0, 0.05) is 75.4 Å². The van der Waals surface area contributed by atoms with E-state index >= 15 is 0 Å². The predicted molar refractivity (Wildman–Crippen MR) is 165 cm³/mol. The second-order valence-corrected chi connectivity index (χ2v) is 13.0. The van der Waals surface area contributed by atoms with E-state index in [0.717, 1.165) is 76.1 Å². The van der Waals surface area contributed by atoms with Crippen molar-refractivity contribution in [1.29, 1.82) is 0 Å². The molecule has 4 saturated heterocycles. The summed E-state index contributed by atoms with van der Waals surface area (Å²) in [6, 6.07) is 14.5. The maximum Gasteiger partial charge on any atom is 0.255 e. The molecular formula is C34H43N5O5. The summed E-state index contributed by atoms with van der Waals surface area (Å²) in [7, 11) is 0. The van der Waals surface area contributed by atoms with Gasteiger partial charge in [0.1, 0.15) is 18.4 Å². The molecule has 2 unspecified atom stereocenters. The molecule has 0 spiro atoms. The topological polar surface area (TPSA) is 94.7 Å². The molecule has 2 atom stereocenters. The molecule has 7 rings (SSSR count). The van der Waals surface area contributed by atoms with Crippen molar-refractivity contribution >= 4 is 23.4 Å². The number of ether oxygens (including phenoxy) is 2. The summed E-state index contributed by atoms with van der Waals surface area (Å²) in [5.74, 6) is 0.644. The summed E-state index contributed by atoms with van der Waals surface area (Å²) in [4.78, 5) is 46.2. The number of hydrogen-bond acceptors (Lipinski definition) is 8. The fraction of sp³-hybridized carbons (Fsp3) is 0.559. The number of anilines is 1. The van der Waals surface area contributed by atoms with E-state index in [1.165, 1.54) is 30.6 Å². The van der Waals surface area contributed by atoms with E-state index in [1.807, 2.05) is 18.2 Å². The first kappa shape index (κ1) is 29.3. The lowest BCUT2D eigenvalue weighted by Crippen LogP contribution is -2.52. The van der Waals surface area contributed by atoms with Gasteiger partial charge in [-0.2, -0.15) is 0 Å². The van der Waals surface area contributed by atoms with Crippen LogP contribution in [0.4, 0.5) is 5.69 Å². The minimum atomic E-state index is -0.607. The van der Waals surface area contributed by atoms with E-state index in [1.54, 1.807) is 4.90 Å². The number of amides is 3. The van der Waals surface area contributed by atoms with E-state index in [4.69, 9.17) is 9.47 Å². The van der Waals surface area contributed by atoms with Gasteiger partial charge in [0.05, 0.1) is 13.2 Å². The summed E-state index contributed by atoms with van der Waals surface area (Å²) in [6.07, 6.45) is 4.11. The van der Waals surface area contributed by atoms with Crippen LogP contribution in [-0.4, -0.2) is 104 Å². The van der Waals surface area contributed by atoms with Crippen LogP contribution in [0.25, 0.3) is 0 Å². The Labute approximate surface area is 259 Å². The number of piperazine rings is 1. The molecule has 5 aliphatic rings. The van der Waals surface area contributed by atoms with Crippen LogP contribution in [0, 0.1) is 5.92 Å². The zero-order chi connectivity index (χ0) is 30.0. The Morgan fingerprint density at radius 1 is 0.909 bits per heavy atom. The molecule has 5 heterocycles. The highest BCUT2D eigenvalue weighted by molar-refractivity contribution is 6.05. The van der Waals surface area contributed by atoms with Crippen LogP contribution in [0.3, 0.4) is 0 Å². The van der Waals surface area contributed by atoms with Crippen molar-refractivity contribution < 1.29 is 23.9 Å². The minimum absolute atomic E-state index is 0.160. The molecule has 0 aliphatic carbocycles. The largest absolute Gasteiger partial charge is 0.492 e. The highest BCUT2D eigenvalue weighted by Crippen LogP contribution is 2.31. The monoisotopic (exact) mass is 601 g/mol. The van der Waals surface area contributed by atoms with E-state index < -0.39 is 6.04 Å². The van der Waals surface area contributed by atoms with Gasteiger partial charge in [0.25, 0.3) is 5.91 Å². The quantitative estimate of drug-likeness (QED) is 0.439. The lowest BCUT2D eigenvalue weighted by molar-refractivity contribution is -0.136. The van der Waals surface area contributed by atoms with E-state index in [-0.39, 0.29) is 24.1 Å². The van der Waals surface area contributed by atoms with Gasteiger partial charge in [-0.25, -0.2) is 0 Å². The standard InChI is InChI=1S/C34H43N5O5/c40-32-11-10-31(33(41)35-32)39-20-26-17-29(8-9-30(26)34(39)42)44-23-28-3-1-2-12-38(28)19-24-4-6-27(7-5-24)37-15-13-36(14-16-37)18-25-21-43-22-25/h4-9,17,25,28,31H,1-3,10-16,18-23H2,(H,35,40,41). The molecule has 2 aromatic rings. The molecule has 1 N–H and O–H groups in total. The van der Waals surface area contributed by atoms with Crippen molar-refractivity contribution in [3.05, 3.63) is 59.2 Å². The summed E-state index contributed by atoms with van der Waals surface area (Å²) in [5.41, 5.74) is 4.11. The number of nitrogens with one attached hydrogen (secondary N) is 1. The number of rotatable bonds is 9. The number of piperidine rings is 2. The summed E-state index contributed by atoms with van der Waals surface area (Å²) in [6.45, 7) is 10.3. The van der Waals surface area contributed by atoms with Gasteiger partial charge in [0.15, 0.2) is 0 Å². The highest BCUT2D eigenvalue weighted by atomic mass is 16.5. The Balaban J connectivity index is 0.917. The zero-order valence-corrected chi connectivity index (χ0v) is 25.4. The maximum atomic E-state index is 13.0. The molecule has 3 amide bonds. The average molecular weight is 602 g/mol. The molecule has 234 valence electrons. The average Bonchev–Trinajstić information content (AvgIpc) is 3.34. The van der Waals surface area contributed by atoms with Crippen molar-refractivity contribution in [2.24, 2.45) is 5.92 Å². The second kappa shape index (κ2) is 12.9. The van der Waals surface area contributed by atoms with Crippen molar-refractivity contribution in [2.75, 3.05) is 64.0 Å². The normalized spacial score (nSPS) is 25.1. The molecule has 10 heteroatoms. The number of benzene rings is 2. The molecule has 4 fully saturated rings. The first-order chi connectivity index (χ1) is 21.5. The molecule has 5 aliphatic heterocycles. The maximum absolute atomic E-state index is 13.0. The van der Waals surface area contributed by atoms with Crippen LogP contribution in [0.1, 0.15) is 53.6 Å². The van der Waals surface area contributed by atoms with Gasteiger partial charge in [-0.1, -0.05) is 18.6 Å². The van der Waals surface area contributed by atoms with Crippen LogP contribution in [-0.2, 0) is 27.4 Å². The number of nitrogens with zero attached hydrogens (tertiary/aromatic N) is 4. The molecule has 0 radical (unpaired) electrons. The molecular weight excluding hydrogens is 558 g/mol. The third-order valence-electron chi connectivity index (χ3n) is 9.97. The van der Waals surface area contributed by atoms with Gasteiger partial charge >= 0.3 is 0 Å². The number of imide groups is 1. The van der Waals surface area contributed by atoms with Crippen molar-refractivity contribution in [3.63, 3.8) is 0 Å². The van der Waals surface area contributed by atoms with Gasteiger partial charge in [-0.05, 0) is 67.3 Å². The first-order valence-electron chi connectivity index (χ1n) is 16.3. The van der Waals surface area contributed by atoms with Gasteiger partial charge in [-0.15, -0.1) is 0 Å². The van der Waals surface area contributed by atoms with Crippen LogP contribution in [0.2, 0.25) is 0 Å². The fourth-order valence-electron chi connectivity index (χ4n) is 7.28. The Morgan fingerprint density at radius 2 is 1.73 bits per heavy atom. The molecule has 0 saturated carbocycles. The van der Waals surface area contributed by atoms with Gasteiger partial charge < -0.3 is 19.3 Å². The molecule has 0 aromatic heterocycles. The van der Waals surface area contributed by atoms with Gasteiger partial charge in [0.2, 0.25) is 11.8 Å². The summed E-state index contributed by atoms with van der Waals surface area (Å²) >= 11 is 0. The molecule has 2 aromatic carbocycles. The third-order valence-corrected chi connectivity index (χ3v) is 9.97. The lowest BCUT2D eigenvalue weighted by atomic mass is 10.0. The molecule has 44 heavy (non-hydrogen) atoms. The third kappa shape index (κ3) is 6.34. The Bertz CT molecular complexity index is 1370. The molecule has 10 nitrogen and oxygen atoms in total. The lowest BCUT2D eigenvalue weighted by Gasteiger charge is -2.39. The van der Waals surface area contributed by atoms with Crippen molar-refractivity contribution in [2.45, 2.75) is 57.3 Å². The van der Waals surface area contributed by atoms with Crippen LogP contribution in [0.5, 0.6) is 5.75 Å². The SMILES string of the molecule is O=C1CCC(N2Cc3cc(OCC4CCCCN4Cc4ccc(N5CCN(CC6COC6)CC5)cc4)ccc3C2=O)C(=O)N1. The van der Waals surface area contributed by atoms with E-state index in [2.05, 4.69) is 44.3 Å². The van der Waals surface area contributed by atoms with Crippen LogP contribution >= 0.6 is 0 Å². The number of carbonyl (C=O) groups excluding carboxylic acids is 3. The van der Waals surface area contributed by atoms with Crippen molar-refractivity contribution in [1.82, 2.24) is 20.0 Å². The zero-order valence-electron chi connectivity index (χ0n) is 25.4. The van der Waals surface area contributed by atoms with Crippen LogP contribution in [0.15, 0.2) is 42.5 Å². The Hall–Kier alpha value is -3.47. The number of likely N-dealkylation sites (tertiary alicyclic amines) is 1. The summed E-state index contributed by atoms with van der Waals surface area (Å²) in [5, 5.41) is 2.36. The van der Waals surface area contributed by atoms with Crippen molar-refractivity contribution in [3.8, 4) is 5.75 Å². The highest BCUT2D eigenvalue weighted by Gasteiger charge is 2.39. The van der Waals surface area contributed by atoms with E-state index in [0.29, 0.717) is 31.2 Å². The first-order valence-corrected chi connectivity index (χ1v) is 16.3. The molecule has 0 bridgehead atoms. The smallest absolute Gasteiger partial charge is 0.255 e. The van der Waals surface area contributed by atoms with E-state index in [9.17, 15) is 14.4 Å². The van der Waals surface area contributed by atoms with Crippen LogP contribution < -0.4 is 15.0 Å². The summed E-state index contributed by atoms with van der Waals surface area (Å²) < 4.78 is 11.7. The number of carbonyl (C=O) groups is 3. The number of hydrogen-bond donors (Lipinski definition) is 1. The second-order valence-electron chi connectivity index (χ2n) is 13.0. The predicted octanol–water partition coefficient (Wildman–Crippen LogP) is 2.65. The minimum Gasteiger partial charge on any atom is -0.492 e.